The maximum absolute atomic E-state index is 3.93. The summed E-state index contributed by atoms with van der Waals surface area (Å²) in [6, 6.07) is 10.8. The molecule has 0 aliphatic heterocycles. The topological polar surface area (TPSA) is 0 Å². The van der Waals surface area contributed by atoms with Crippen LogP contribution in [-0.4, -0.2) is 20.7 Å². The van der Waals surface area contributed by atoms with Crippen LogP contribution in [0.3, 0.4) is 0 Å². The molecule has 0 unspecified atom stereocenters. The maximum atomic E-state index is 3.93. The van der Waals surface area contributed by atoms with E-state index < -0.39 is 0 Å². The van der Waals surface area contributed by atoms with Crippen LogP contribution in [0.25, 0.3) is 5.57 Å². The average molecular weight is 339 g/mol. The first kappa shape index (κ1) is 16.6. The summed E-state index contributed by atoms with van der Waals surface area (Å²) in [7, 11) is 0. The van der Waals surface area contributed by atoms with Gasteiger partial charge < -0.3 is 0 Å². The summed E-state index contributed by atoms with van der Waals surface area (Å²) in [5, 5.41) is 1.27. The van der Waals surface area contributed by atoms with Crippen LogP contribution >= 0.6 is 11.8 Å². The molecule has 0 saturated heterocycles. The van der Waals surface area contributed by atoms with Crippen molar-refractivity contribution in [1.82, 2.24) is 0 Å². The molecule has 1 aromatic carbocycles. The minimum absolute atomic E-state index is 0.604. The molecule has 0 bridgehead atoms. The van der Waals surface area contributed by atoms with Gasteiger partial charge in [0.2, 0.25) is 0 Å². The summed E-state index contributed by atoms with van der Waals surface area (Å²) in [5.74, 6) is 1.25. The van der Waals surface area contributed by atoms with E-state index in [-0.39, 0.29) is 0 Å². The van der Waals surface area contributed by atoms with Gasteiger partial charge >= 0.3 is 129 Å². The number of benzene rings is 1. The summed E-state index contributed by atoms with van der Waals surface area (Å²) < 4.78 is 1.62. The molecule has 0 aliphatic rings. The van der Waals surface area contributed by atoms with Crippen LogP contribution in [0.2, 0.25) is 5.32 Å². The number of rotatable bonds is 9. The van der Waals surface area contributed by atoms with E-state index in [9.17, 15) is 0 Å². The average Bonchev–Trinajstić information content (AvgIpc) is 2.45. The Morgan fingerprint density at radius 2 is 2.00 bits per heavy atom. The summed E-state index contributed by atoms with van der Waals surface area (Å²) in [6.07, 6.45) is 5.61. The molecule has 0 spiro atoms. The fourth-order valence-corrected chi connectivity index (χ4v) is 5.84. The van der Waals surface area contributed by atoms with Crippen molar-refractivity contribution >= 4 is 32.3 Å². The molecule has 2 heteroatoms. The molecular formula is C17H24SSe. The van der Waals surface area contributed by atoms with Gasteiger partial charge in [-0.1, -0.05) is 0 Å². The van der Waals surface area contributed by atoms with Gasteiger partial charge in [0.25, 0.3) is 0 Å². The van der Waals surface area contributed by atoms with Crippen LogP contribution in [0.15, 0.2) is 46.8 Å². The molecule has 0 heterocycles. The van der Waals surface area contributed by atoms with Gasteiger partial charge in [0.05, 0.1) is 0 Å². The predicted octanol–water partition coefficient (Wildman–Crippen LogP) is 5.61. The van der Waals surface area contributed by atoms with Gasteiger partial charge in [-0.15, -0.1) is 0 Å². The van der Waals surface area contributed by atoms with Crippen molar-refractivity contribution in [2.45, 2.75) is 38.4 Å². The van der Waals surface area contributed by atoms with E-state index in [0.29, 0.717) is 15.0 Å². The Bertz CT molecular complexity index is 395. The number of allylic oxidation sites excluding steroid dienone is 2. The number of hydrogen-bond acceptors (Lipinski definition) is 1. The number of hydrogen-bond donors (Lipinski definition) is 0. The van der Waals surface area contributed by atoms with Crippen molar-refractivity contribution in [3.63, 3.8) is 0 Å². The van der Waals surface area contributed by atoms with Gasteiger partial charge in [0.15, 0.2) is 0 Å². The van der Waals surface area contributed by atoms with Gasteiger partial charge in [0.1, 0.15) is 0 Å². The molecule has 1 aromatic rings. The molecule has 1 rings (SSSR count). The minimum atomic E-state index is 0.604. The second-order valence-corrected chi connectivity index (χ2v) is 8.62. The van der Waals surface area contributed by atoms with Gasteiger partial charge in [0, 0.05) is 0 Å². The molecule has 0 nitrogen and oxygen atoms in total. The first-order chi connectivity index (χ1) is 9.33. The first-order valence-electron chi connectivity index (χ1n) is 6.98. The van der Waals surface area contributed by atoms with Crippen molar-refractivity contribution in [2.75, 3.05) is 5.75 Å². The molecule has 0 aromatic heterocycles. The van der Waals surface area contributed by atoms with Crippen LogP contribution in [0.4, 0.5) is 0 Å². The Labute approximate surface area is 128 Å². The van der Waals surface area contributed by atoms with E-state index >= 15 is 0 Å². The summed E-state index contributed by atoms with van der Waals surface area (Å²) in [6.45, 7) is 8.48. The fourth-order valence-electron chi connectivity index (χ4n) is 1.76. The second kappa shape index (κ2) is 10.4. The molecule has 0 radical (unpaired) electrons. The van der Waals surface area contributed by atoms with Crippen molar-refractivity contribution in [3.05, 3.63) is 52.4 Å². The Morgan fingerprint density at radius 3 is 2.58 bits per heavy atom. The third-order valence-corrected chi connectivity index (χ3v) is 6.75. The molecule has 0 saturated carbocycles. The SMILES string of the molecule is C=CC/C(=C(\SCCCC)[Se]CC)c1ccccc1. The van der Waals surface area contributed by atoms with E-state index in [2.05, 4.69) is 62.5 Å². The van der Waals surface area contributed by atoms with Gasteiger partial charge in [-0.3, -0.25) is 0 Å². The van der Waals surface area contributed by atoms with E-state index in [1.54, 1.807) is 3.80 Å². The van der Waals surface area contributed by atoms with Gasteiger partial charge in [-0.05, 0) is 0 Å². The normalized spacial score (nSPS) is 12.1. The third kappa shape index (κ3) is 6.03. The van der Waals surface area contributed by atoms with Crippen LogP contribution in [-0.2, 0) is 0 Å². The van der Waals surface area contributed by atoms with Gasteiger partial charge in [-0.25, -0.2) is 0 Å². The van der Waals surface area contributed by atoms with Crippen molar-refractivity contribution in [1.29, 1.82) is 0 Å². The predicted molar refractivity (Wildman–Crippen MR) is 91.8 cm³/mol. The quantitative estimate of drug-likeness (QED) is 0.320. The molecule has 19 heavy (non-hydrogen) atoms. The monoisotopic (exact) mass is 340 g/mol. The molecule has 0 fully saturated rings. The Hall–Kier alpha value is -0.431. The summed E-state index contributed by atoms with van der Waals surface area (Å²) in [5.41, 5.74) is 2.87. The number of thioether (sulfide) groups is 1. The van der Waals surface area contributed by atoms with E-state index in [4.69, 9.17) is 0 Å². The van der Waals surface area contributed by atoms with Crippen molar-refractivity contribution in [3.8, 4) is 0 Å². The molecule has 104 valence electrons. The van der Waals surface area contributed by atoms with Gasteiger partial charge in [-0.2, -0.15) is 0 Å². The summed E-state index contributed by atoms with van der Waals surface area (Å²) >= 11 is 2.68. The third-order valence-electron chi connectivity index (χ3n) is 2.72. The van der Waals surface area contributed by atoms with Crippen LogP contribution in [0.1, 0.15) is 38.7 Å². The van der Waals surface area contributed by atoms with E-state index in [1.807, 2.05) is 6.08 Å². The van der Waals surface area contributed by atoms with Crippen LogP contribution < -0.4 is 0 Å². The molecular weight excluding hydrogens is 315 g/mol. The Kier molecular flexibility index (Phi) is 9.07. The zero-order chi connectivity index (χ0) is 13.9. The first-order valence-corrected chi connectivity index (χ1v) is 10.0. The summed E-state index contributed by atoms with van der Waals surface area (Å²) in [4.78, 5) is 0. The van der Waals surface area contributed by atoms with Crippen molar-refractivity contribution in [2.24, 2.45) is 0 Å². The standard InChI is InChI=1S/C17H24SSe/c1-4-7-14-18-17(19-6-3)16(11-5-2)15-12-9-8-10-13-15/h5,8-10,12-13H,2,4,6-7,11,14H2,1,3H3/b17-16-. The zero-order valence-electron chi connectivity index (χ0n) is 12.0. The molecule has 0 N–H and O–H groups in total. The van der Waals surface area contributed by atoms with E-state index in [1.165, 1.54) is 35.1 Å². The Morgan fingerprint density at radius 1 is 1.26 bits per heavy atom. The van der Waals surface area contributed by atoms with Crippen molar-refractivity contribution < 1.29 is 0 Å². The second-order valence-electron chi connectivity index (χ2n) is 4.26. The van der Waals surface area contributed by atoms with Crippen LogP contribution in [0.5, 0.6) is 0 Å². The Balaban J connectivity index is 2.98. The molecule has 0 aliphatic carbocycles. The van der Waals surface area contributed by atoms with E-state index in [0.717, 1.165) is 6.42 Å². The zero-order valence-corrected chi connectivity index (χ0v) is 14.6. The number of unbranched alkanes of at least 4 members (excludes halogenated alkanes) is 1. The van der Waals surface area contributed by atoms with Crippen LogP contribution in [0, 0.1) is 0 Å². The molecule has 0 atom stereocenters. The fraction of sp³-hybridized carbons (Fsp3) is 0.412. The molecule has 0 amide bonds.